The number of aromatic nitrogens is 1. The summed E-state index contributed by atoms with van der Waals surface area (Å²) in [5.74, 6) is 0.958. The average molecular weight is 238 g/mol. The first-order chi connectivity index (χ1) is 7.79. The monoisotopic (exact) mass is 238 g/mol. The van der Waals surface area contributed by atoms with Gasteiger partial charge < -0.3 is 5.73 Å². The molecule has 90 valence electrons. The van der Waals surface area contributed by atoms with Crippen LogP contribution in [0, 0.1) is 12.8 Å². The molecule has 16 heavy (non-hydrogen) atoms. The standard InChI is InChI=1S/C13H22N2S/c1-10-12(9-14)16-13(15-10)8-7-11-5-3-2-4-6-11/h11H,2-9,14H2,1H3. The van der Waals surface area contributed by atoms with Gasteiger partial charge in [-0.3, -0.25) is 0 Å². The molecule has 1 aliphatic carbocycles. The lowest BCUT2D eigenvalue weighted by Crippen LogP contribution is -2.07. The lowest BCUT2D eigenvalue weighted by molar-refractivity contribution is 0.339. The second kappa shape index (κ2) is 5.78. The number of aryl methyl sites for hydroxylation is 2. The zero-order chi connectivity index (χ0) is 11.4. The number of hydrogen-bond donors (Lipinski definition) is 1. The van der Waals surface area contributed by atoms with Gasteiger partial charge in [-0.15, -0.1) is 11.3 Å². The Labute approximate surface area is 102 Å². The van der Waals surface area contributed by atoms with Crippen LogP contribution in [0.4, 0.5) is 0 Å². The number of rotatable bonds is 4. The third-order valence-corrected chi connectivity index (χ3v) is 4.85. The first-order valence-electron chi connectivity index (χ1n) is 6.45. The molecule has 1 heterocycles. The molecule has 1 saturated carbocycles. The van der Waals surface area contributed by atoms with Crippen LogP contribution in [0.3, 0.4) is 0 Å². The highest BCUT2D eigenvalue weighted by Gasteiger charge is 2.14. The van der Waals surface area contributed by atoms with E-state index in [1.807, 2.05) is 11.3 Å². The lowest BCUT2D eigenvalue weighted by Gasteiger charge is -2.20. The van der Waals surface area contributed by atoms with E-state index in [4.69, 9.17) is 5.73 Å². The molecule has 0 bridgehead atoms. The average Bonchev–Trinajstić information content (AvgIpc) is 2.69. The molecule has 1 aromatic rings. The van der Waals surface area contributed by atoms with Crippen molar-refractivity contribution in [3.63, 3.8) is 0 Å². The van der Waals surface area contributed by atoms with Crippen molar-refractivity contribution in [3.8, 4) is 0 Å². The number of nitrogens with zero attached hydrogens (tertiary/aromatic N) is 1. The van der Waals surface area contributed by atoms with Gasteiger partial charge in [-0.1, -0.05) is 32.1 Å². The third kappa shape index (κ3) is 3.05. The molecule has 0 amide bonds. The molecule has 0 spiro atoms. The van der Waals surface area contributed by atoms with Gasteiger partial charge in [0, 0.05) is 11.4 Å². The van der Waals surface area contributed by atoms with Gasteiger partial charge in [0.15, 0.2) is 0 Å². The molecule has 0 aliphatic heterocycles. The summed E-state index contributed by atoms with van der Waals surface area (Å²) in [6, 6.07) is 0. The molecular weight excluding hydrogens is 216 g/mol. The van der Waals surface area contributed by atoms with Crippen molar-refractivity contribution in [3.05, 3.63) is 15.6 Å². The molecular formula is C13H22N2S. The minimum absolute atomic E-state index is 0.646. The normalized spacial score (nSPS) is 17.9. The van der Waals surface area contributed by atoms with Crippen molar-refractivity contribution in [1.29, 1.82) is 0 Å². The molecule has 1 fully saturated rings. The topological polar surface area (TPSA) is 38.9 Å². The maximum absolute atomic E-state index is 5.67. The summed E-state index contributed by atoms with van der Waals surface area (Å²) in [7, 11) is 0. The van der Waals surface area contributed by atoms with E-state index in [1.54, 1.807) is 0 Å². The van der Waals surface area contributed by atoms with E-state index >= 15 is 0 Å². The van der Waals surface area contributed by atoms with Gasteiger partial charge in [-0.25, -0.2) is 4.98 Å². The molecule has 0 aromatic carbocycles. The van der Waals surface area contributed by atoms with Gasteiger partial charge in [-0.05, 0) is 25.7 Å². The highest BCUT2D eigenvalue weighted by molar-refractivity contribution is 7.11. The van der Waals surface area contributed by atoms with E-state index < -0.39 is 0 Å². The van der Waals surface area contributed by atoms with Gasteiger partial charge in [0.25, 0.3) is 0 Å². The largest absolute Gasteiger partial charge is 0.326 e. The lowest BCUT2D eigenvalue weighted by atomic mass is 9.86. The van der Waals surface area contributed by atoms with E-state index in [0.29, 0.717) is 6.54 Å². The zero-order valence-corrected chi connectivity index (χ0v) is 11.0. The molecule has 2 nitrogen and oxygen atoms in total. The Balaban J connectivity index is 1.83. The van der Waals surface area contributed by atoms with Crippen molar-refractivity contribution >= 4 is 11.3 Å². The van der Waals surface area contributed by atoms with Crippen LogP contribution in [-0.2, 0) is 13.0 Å². The Morgan fingerprint density at radius 1 is 1.31 bits per heavy atom. The molecule has 0 unspecified atom stereocenters. The second-order valence-corrected chi connectivity index (χ2v) is 6.03. The van der Waals surface area contributed by atoms with Crippen molar-refractivity contribution in [1.82, 2.24) is 4.98 Å². The number of thiazole rings is 1. The summed E-state index contributed by atoms with van der Waals surface area (Å²) in [4.78, 5) is 5.87. The highest BCUT2D eigenvalue weighted by Crippen LogP contribution is 2.28. The van der Waals surface area contributed by atoms with Crippen LogP contribution in [0.5, 0.6) is 0 Å². The smallest absolute Gasteiger partial charge is 0.0931 e. The summed E-state index contributed by atoms with van der Waals surface area (Å²) in [5, 5.41) is 1.29. The Kier molecular flexibility index (Phi) is 4.36. The first-order valence-corrected chi connectivity index (χ1v) is 7.26. The molecule has 2 rings (SSSR count). The van der Waals surface area contributed by atoms with Crippen molar-refractivity contribution in [2.24, 2.45) is 11.7 Å². The fraction of sp³-hybridized carbons (Fsp3) is 0.769. The van der Waals surface area contributed by atoms with Gasteiger partial charge in [-0.2, -0.15) is 0 Å². The van der Waals surface area contributed by atoms with E-state index in [-0.39, 0.29) is 0 Å². The van der Waals surface area contributed by atoms with Crippen LogP contribution in [0.25, 0.3) is 0 Å². The summed E-state index contributed by atoms with van der Waals surface area (Å²) >= 11 is 1.81. The van der Waals surface area contributed by atoms with E-state index in [9.17, 15) is 0 Å². The minimum atomic E-state index is 0.646. The van der Waals surface area contributed by atoms with Gasteiger partial charge >= 0.3 is 0 Å². The second-order valence-electron chi connectivity index (χ2n) is 4.86. The maximum atomic E-state index is 5.67. The van der Waals surface area contributed by atoms with E-state index in [0.717, 1.165) is 18.0 Å². The van der Waals surface area contributed by atoms with Crippen molar-refractivity contribution in [2.45, 2.75) is 58.4 Å². The maximum Gasteiger partial charge on any atom is 0.0931 e. The number of hydrogen-bond acceptors (Lipinski definition) is 3. The van der Waals surface area contributed by atoms with Crippen LogP contribution < -0.4 is 5.73 Å². The first kappa shape index (κ1) is 12.1. The quantitative estimate of drug-likeness (QED) is 0.873. The van der Waals surface area contributed by atoms with Gasteiger partial charge in [0.1, 0.15) is 0 Å². The van der Waals surface area contributed by atoms with Crippen LogP contribution in [-0.4, -0.2) is 4.98 Å². The predicted molar refractivity (Wildman–Crippen MR) is 69.6 cm³/mol. The molecule has 2 N–H and O–H groups in total. The highest BCUT2D eigenvalue weighted by atomic mass is 32.1. The summed E-state index contributed by atoms with van der Waals surface area (Å²) < 4.78 is 0. The van der Waals surface area contributed by atoms with Crippen LogP contribution in [0.1, 0.15) is 54.1 Å². The van der Waals surface area contributed by atoms with Crippen LogP contribution >= 0.6 is 11.3 Å². The zero-order valence-electron chi connectivity index (χ0n) is 10.2. The molecule has 0 saturated heterocycles. The van der Waals surface area contributed by atoms with Gasteiger partial charge in [0.05, 0.1) is 10.7 Å². The van der Waals surface area contributed by atoms with Gasteiger partial charge in [0.2, 0.25) is 0 Å². The Morgan fingerprint density at radius 3 is 2.69 bits per heavy atom. The summed E-state index contributed by atoms with van der Waals surface area (Å²) in [6.07, 6.45) is 9.70. The van der Waals surface area contributed by atoms with Crippen LogP contribution in [0.15, 0.2) is 0 Å². The fourth-order valence-corrected chi connectivity index (χ4v) is 3.55. The minimum Gasteiger partial charge on any atom is -0.326 e. The number of nitrogens with two attached hydrogens (primary N) is 1. The Hall–Kier alpha value is -0.410. The molecule has 1 aromatic heterocycles. The summed E-state index contributed by atoms with van der Waals surface area (Å²) in [6.45, 7) is 2.72. The van der Waals surface area contributed by atoms with E-state index in [2.05, 4.69) is 11.9 Å². The Morgan fingerprint density at radius 2 is 2.06 bits per heavy atom. The third-order valence-electron chi connectivity index (χ3n) is 3.61. The van der Waals surface area contributed by atoms with Crippen molar-refractivity contribution in [2.75, 3.05) is 0 Å². The van der Waals surface area contributed by atoms with Crippen molar-refractivity contribution < 1.29 is 0 Å². The van der Waals surface area contributed by atoms with E-state index in [1.165, 1.54) is 48.4 Å². The predicted octanol–water partition coefficient (Wildman–Crippen LogP) is 3.42. The molecule has 3 heteroatoms. The molecule has 1 aliphatic rings. The fourth-order valence-electron chi connectivity index (χ4n) is 2.59. The molecule has 0 atom stereocenters. The SMILES string of the molecule is Cc1nc(CCC2CCCCC2)sc1CN. The Bertz CT molecular complexity index is 327. The molecule has 0 radical (unpaired) electrons. The summed E-state index contributed by atoms with van der Waals surface area (Å²) in [5.41, 5.74) is 6.82. The van der Waals surface area contributed by atoms with Crippen LogP contribution in [0.2, 0.25) is 0 Å².